The zero-order valence-electron chi connectivity index (χ0n) is 22.5. The number of methoxy groups -OCH3 is 2. The molecule has 0 amide bonds. The van der Waals surface area contributed by atoms with Gasteiger partial charge in [0.05, 0.1) is 24.9 Å². The molecule has 0 saturated carbocycles. The Bertz CT molecular complexity index is 1430. The first kappa shape index (κ1) is 26.0. The van der Waals surface area contributed by atoms with Crippen LogP contribution >= 0.6 is 0 Å². The molecular formula is C33H36N2O3. The Hall–Kier alpha value is -3.67. The van der Waals surface area contributed by atoms with Crippen LogP contribution in [0.25, 0.3) is 11.3 Å². The van der Waals surface area contributed by atoms with Gasteiger partial charge in [-0.15, -0.1) is 0 Å². The summed E-state index contributed by atoms with van der Waals surface area (Å²) in [7, 11) is 3.39. The van der Waals surface area contributed by atoms with Crippen LogP contribution in [0.1, 0.15) is 27.8 Å². The summed E-state index contributed by atoms with van der Waals surface area (Å²) < 4.78 is 19.6. The predicted octanol–water partition coefficient (Wildman–Crippen LogP) is 5.75. The summed E-state index contributed by atoms with van der Waals surface area (Å²) in [4.78, 5) is 4.99. The molecule has 0 fully saturated rings. The zero-order chi connectivity index (χ0) is 26.3. The van der Waals surface area contributed by atoms with Crippen LogP contribution in [-0.2, 0) is 35.5 Å². The van der Waals surface area contributed by atoms with Crippen molar-refractivity contribution in [2.45, 2.75) is 39.0 Å². The molecule has 2 heterocycles. The first-order valence-corrected chi connectivity index (χ1v) is 13.3. The SMILES string of the molecule is COC[C@@H](CN=c1cc(OCc2ccccc2)c(C)c2n1CCc1cc(Cc3ccccc3)ccc1-2)OC. The lowest BCUT2D eigenvalue weighted by molar-refractivity contribution is 0.0338. The molecule has 0 saturated heterocycles. The summed E-state index contributed by atoms with van der Waals surface area (Å²) >= 11 is 0. The number of benzene rings is 3. The molecule has 0 aliphatic carbocycles. The predicted molar refractivity (Wildman–Crippen MR) is 151 cm³/mol. The highest BCUT2D eigenvalue weighted by Crippen LogP contribution is 2.35. The van der Waals surface area contributed by atoms with E-state index in [9.17, 15) is 0 Å². The zero-order valence-corrected chi connectivity index (χ0v) is 22.5. The van der Waals surface area contributed by atoms with Gasteiger partial charge in [-0.1, -0.05) is 78.9 Å². The van der Waals surface area contributed by atoms with E-state index in [1.807, 2.05) is 18.2 Å². The minimum Gasteiger partial charge on any atom is -0.488 e. The van der Waals surface area contributed by atoms with Gasteiger partial charge in [-0.3, -0.25) is 4.99 Å². The molecule has 38 heavy (non-hydrogen) atoms. The second-order valence-electron chi connectivity index (χ2n) is 9.82. The molecule has 1 aliphatic heterocycles. The van der Waals surface area contributed by atoms with Crippen LogP contribution in [0.15, 0.2) is 89.9 Å². The van der Waals surface area contributed by atoms with Gasteiger partial charge < -0.3 is 18.8 Å². The van der Waals surface area contributed by atoms with Gasteiger partial charge in [0, 0.05) is 38.0 Å². The number of ether oxygens (including phenoxy) is 3. The van der Waals surface area contributed by atoms with Crippen LogP contribution in [0.2, 0.25) is 0 Å². The van der Waals surface area contributed by atoms with Crippen molar-refractivity contribution in [2.75, 3.05) is 27.4 Å². The Kier molecular flexibility index (Phi) is 8.37. The minimum absolute atomic E-state index is 0.0948. The average Bonchev–Trinajstić information content (AvgIpc) is 2.96. The fraction of sp³-hybridized carbons (Fsp3) is 0.303. The topological polar surface area (TPSA) is 45.0 Å². The average molecular weight is 509 g/mol. The van der Waals surface area contributed by atoms with Gasteiger partial charge in [0.2, 0.25) is 0 Å². The maximum atomic E-state index is 6.40. The number of pyridine rings is 1. The lowest BCUT2D eigenvalue weighted by atomic mass is 9.91. The maximum Gasteiger partial charge on any atom is 0.131 e. The van der Waals surface area contributed by atoms with E-state index in [-0.39, 0.29) is 6.10 Å². The van der Waals surface area contributed by atoms with Crippen LogP contribution in [0.3, 0.4) is 0 Å². The minimum atomic E-state index is -0.0948. The van der Waals surface area contributed by atoms with Gasteiger partial charge in [0.1, 0.15) is 17.8 Å². The first-order valence-electron chi connectivity index (χ1n) is 13.3. The van der Waals surface area contributed by atoms with Crippen molar-refractivity contribution in [3.05, 3.63) is 118 Å². The Morgan fingerprint density at radius 2 is 1.61 bits per heavy atom. The van der Waals surface area contributed by atoms with Crippen molar-refractivity contribution in [1.82, 2.24) is 4.57 Å². The third-order valence-electron chi connectivity index (χ3n) is 7.19. The second kappa shape index (κ2) is 12.2. The fourth-order valence-electron chi connectivity index (χ4n) is 5.16. The van der Waals surface area contributed by atoms with Crippen molar-refractivity contribution in [3.63, 3.8) is 0 Å². The molecule has 0 bridgehead atoms. The van der Waals surface area contributed by atoms with E-state index < -0.39 is 0 Å². The summed E-state index contributed by atoms with van der Waals surface area (Å²) in [5.41, 5.74) is 9.67. The molecule has 0 radical (unpaired) electrons. The molecular weight excluding hydrogens is 472 g/mol. The van der Waals surface area contributed by atoms with E-state index in [4.69, 9.17) is 19.2 Å². The number of hydrogen-bond donors (Lipinski definition) is 0. The second-order valence-corrected chi connectivity index (χ2v) is 9.82. The highest BCUT2D eigenvalue weighted by Gasteiger charge is 2.22. The van der Waals surface area contributed by atoms with Gasteiger partial charge >= 0.3 is 0 Å². The van der Waals surface area contributed by atoms with Crippen LogP contribution in [-0.4, -0.2) is 38.0 Å². The van der Waals surface area contributed by atoms with E-state index in [1.54, 1.807) is 14.2 Å². The molecule has 3 aromatic carbocycles. The molecule has 5 rings (SSSR count). The number of fused-ring (bicyclic) bond motifs is 3. The smallest absolute Gasteiger partial charge is 0.131 e. The first-order chi connectivity index (χ1) is 18.7. The molecule has 0 N–H and O–H groups in total. The largest absolute Gasteiger partial charge is 0.488 e. The Morgan fingerprint density at radius 3 is 2.32 bits per heavy atom. The summed E-state index contributed by atoms with van der Waals surface area (Å²) in [6.07, 6.45) is 1.81. The van der Waals surface area contributed by atoms with E-state index >= 15 is 0 Å². The van der Waals surface area contributed by atoms with E-state index in [1.165, 1.54) is 27.9 Å². The highest BCUT2D eigenvalue weighted by atomic mass is 16.5. The van der Waals surface area contributed by atoms with Crippen LogP contribution < -0.4 is 10.2 Å². The van der Waals surface area contributed by atoms with Crippen LogP contribution in [0.4, 0.5) is 0 Å². The number of hydrogen-bond acceptors (Lipinski definition) is 4. The van der Waals surface area contributed by atoms with Crippen molar-refractivity contribution in [2.24, 2.45) is 4.99 Å². The monoisotopic (exact) mass is 508 g/mol. The lowest BCUT2D eigenvalue weighted by Gasteiger charge is -2.27. The van der Waals surface area contributed by atoms with E-state index in [2.05, 4.69) is 78.2 Å². The third-order valence-corrected chi connectivity index (χ3v) is 7.19. The third kappa shape index (κ3) is 5.90. The fourth-order valence-corrected chi connectivity index (χ4v) is 5.16. The standard InChI is InChI=1S/C33H36N2O3/c1-24-31(38-22-26-12-8-5-9-13-26)20-32(34-21-29(37-3)23-36-2)35-17-16-28-19-27(14-15-30(28)33(24)35)18-25-10-6-4-7-11-25/h4-15,19-20,29H,16-18,21-23H2,1-3H3/t29-/m1/s1. The molecule has 0 unspecified atom stereocenters. The van der Waals surface area contributed by atoms with Gasteiger partial charge in [-0.2, -0.15) is 0 Å². The Labute approximate surface area is 225 Å². The molecule has 1 aromatic heterocycles. The van der Waals surface area contributed by atoms with Crippen LogP contribution in [0, 0.1) is 6.92 Å². The Balaban J connectivity index is 1.54. The number of aryl methyl sites for hydroxylation is 1. The normalized spacial score (nSPS) is 13.6. The van der Waals surface area contributed by atoms with Crippen LogP contribution in [0.5, 0.6) is 5.75 Å². The van der Waals surface area contributed by atoms with Gasteiger partial charge in [-0.25, -0.2) is 0 Å². The molecule has 5 nitrogen and oxygen atoms in total. The molecule has 196 valence electrons. The van der Waals surface area contributed by atoms with E-state index in [0.29, 0.717) is 19.8 Å². The summed E-state index contributed by atoms with van der Waals surface area (Å²) in [6.45, 7) is 4.57. The highest BCUT2D eigenvalue weighted by molar-refractivity contribution is 5.71. The summed E-state index contributed by atoms with van der Waals surface area (Å²) in [5.74, 6) is 0.862. The van der Waals surface area contributed by atoms with Crippen molar-refractivity contribution < 1.29 is 14.2 Å². The Morgan fingerprint density at radius 1 is 0.868 bits per heavy atom. The van der Waals surface area contributed by atoms with Crippen molar-refractivity contribution >= 4 is 0 Å². The van der Waals surface area contributed by atoms with E-state index in [0.717, 1.165) is 41.8 Å². The number of nitrogens with zero attached hydrogens (tertiary/aromatic N) is 2. The maximum absolute atomic E-state index is 6.40. The van der Waals surface area contributed by atoms with Crippen molar-refractivity contribution in [3.8, 4) is 17.0 Å². The van der Waals surface area contributed by atoms with Gasteiger partial charge in [0.25, 0.3) is 0 Å². The number of aromatic nitrogens is 1. The molecule has 1 aliphatic rings. The molecule has 1 atom stereocenters. The number of rotatable bonds is 10. The molecule has 5 heteroatoms. The van der Waals surface area contributed by atoms with Crippen molar-refractivity contribution in [1.29, 1.82) is 0 Å². The summed E-state index contributed by atoms with van der Waals surface area (Å²) in [6, 6.07) is 29.9. The van der Waals surface area contributed by atoms with Gasteiger partial charge in [0.15, 0.2) is 0 Å². The summed E-state index contributed by atoms with van der Waals surface area (Å²) in [5, 5.41) is 0. The lowest BCUT2D eigenvalue weighted by Crippen LogP contribution is -2.30. The quantitative estimate of drug-likeness (QED) is 0.274. The molecule has 0 spiro atoms. The molecule has 4 aromatic rings. The van der Waals surface area contributed by atoms with Gasteiger partial charge in [-0.05, 0) is 42.0 Å².